The molecule has 0 unspecified atom stereocenters. The van der Waals surface area contributed by atoms with Gasteiger partial charge in [0, 0.05) is 18.1 Å². The second-order valence-electron chi connectivity index (χ2n) is 8.16. The van der Waals surface area contributed by atoms with Crippen LogP contribution in [0.3, 0.4) is 0 Å². The van der Waals surface area contributed by atoms with Gasteiger partial charge in [-0.25, -0.2) is 18.7 Å². The topological polar surface area (TPSA) is 78.9 Å². The Hall–Kier alpha value is -4.35. The van der Waals surface area contributed by atoms with Crippen LogP contribution >= 0.6 is 0 Å². The molecule has 190 valence electrons. The molecular weight excluding hydrogens is 497 g/mol. The van der Waals surface area contributed by atoms with E-state index in [4.69, 9.17) is 9.26 Å². The van der Waals surface area contributed by atoms with E-state index in [1.165, 1.54) is 18.3 Å². The molecule has 5 rings (SSSR count). The summed E-state index contributed by atoms with van der Waals surface area (Å²) in [5.74, 6) is -0.995. The standard InChI is InChI=1S/C25H18F5N5O2/c26-19-4-1-3-18(23(19)27)24-32-21-12-31-35(14-22(21)33-24)13-17-11-20(34-37-17)15-5-7-16(8-6-15)36-10-2-9-25(28,29)30/h1,3-8,11-12,14H,2,9-10,13H2. The van der Waals surface area contributed by atoms with Crippen LogP contribution in [0.1, 0.15) is 18.6 Å². The van der Waals surface area contributed by atoms with Gasteiger partial charge < -0.3 is 9.26 Å². The molecule has 2 aromatic carbocycles. The lowest BCUT2D eigenvalue weighted by Crippen LogP contribution is -2.09. The normalized spacial score (nSPS) is 11.8. The van der Waals surface area contributed by atoms with Gasteiger partial charge in [-0.15, -0.1) is 0 Å². The molecule has 0 radical (unpaired) electrons. The maximum absolute atomic E-state index is 14.1. The van der Waals surface area contributed by atoms with Gasteiger partial charge in [0.05, 0.1) is 24.6 Å². The Morgan fingerprint density at radius 3 is 2.51 bits per heavy atom. The van der Waals surface area contributed by atoms with Crippen molar-refractivity contribution in [2.75, 3.05) is 6.61 Å². The number of fused-ring (bicyclic) bond motifs is 1. The van der Waals surface area contributed by atoms with Gasteiger partial charge in [-0.05, 0) is 42.8 Å². The van der Waals surface area contributed by atoms with E-state index >= 15 is 0 Å². The van der Waals surface area contributed by atoms with Gasteiger partial charge in [0.1, 0.15) is 29.4 Å². The van der Waals surface area contributed by atoms with Crippen molar-refractivity contribution in [3.8, 4) is 39.8 Å². The minimum atomic E-state index is -4.20. The van der Waals surface area contributed by atoms with Gasteiger partial charge in [0.2, 0.25) is 0 Å². The Morgan fingerprint density at radius 2 is 1.73 bits per heavy atom. The molecule has 2 aliphatic rings. The number of aromatic nitrogens is 5. The van der Waals surface area contributed by atoms with Crippen LogP contribution in [-0.4, -0.2) is 37.7 Å². The first kappa shape index (κ1) is 24.3. The average molecular weight is 515 g/mol. The summed E-state index contributed by atoms with van der Waals surface area (Å²) >= 11 is 0. The first-order valence-corrected chi connectivity index (χ1v) is 11.2. The van der Waals surface area contributed by atoms with E-state index in [1.807, 2.05) is 0 Å². The van der Waals surface area contributed by atoms with Crippen molar-refractivity contribution >= 4 is 0 Å². The molecule has 0 atom stereocenters. The number of rotatable bonds is 8. The molecule has 0 spiro atoms. The molecule has 3 aromatic rings. The van der Waals surface area contributed by atoms with Crippen molar-refractivity contribution in [3.63, 3.8) is 0 Å². The molecule has 0 fully saturated rings. The molecule has 1 aromatic heterocycles. The summed E-state index contributed by atoms with van der Waals surface area (Å²) in [6, 6.07) is 12.3. The molecule has 0 aliphatic carbocycles. The first-order valence-electron chi connectivity index (χ1n) is 11.2. The van der Waals surface area contributed by atoms with E-state index in [1.54, 1.807) is 41.2 Å². The summed E-state index contributed by atoms with van der Waals surface area (Å²) in [4.78, 5) is 8.52. The number of ether oxygens (including phenoxy) is 1. The molecular formula is C25H18F5N5O2. The lowest BCUT2D eigenvalue weighted by molar-refractivity contribution is -0.136. The van der Waals surface area contributed by atoms with Gasteiger partial charge in [-0.1, -0.05) is 11.2 Å². The van der Waals surface area contributed by atoms with E-state index in [0.717, 1.165) is 11.6 Å². The summed E-state index contributed by atoms with van der Waals surface area (Å²) < 4.78 is 76.6. The van der Waals surface area contributed by atoms with Crippen LogP contribution in [-0.2, 0) is 6.54 Å². The summed E-state index contributed by atoms with van der Waals surface area (Å²) in [5, 5.41) is 8.32. The van der Waals surface area contributed by atoms with E-state index in [0.29, 0.717) is 28.6 Å². The third kappa shape index (κ3) is 5.74. The van der Waals surface area contributed by atoms with E-state index in [2.05, 4.69) is 20.2 Å². The second kappa shape index (κ2) is 9.96. The van der Waals surface area contributed by atoms with Crippen molar-refractivity contribution in [3.05, 3.63) is 78.3 Å². The van der Waals surface area contributed by atoms with Gasteiger partial charge in [0.15, 0.2) is 23.2 Å². The van der Waals surface area contributed by atoms with Gasteiger partial charge in [-0.3, -0.25) is 4.68 Å². The third-order valence-electron chi connectivity index (χ3n) is 5.41. The molecule has 3 heterocycles. The fourth-order valence-corrected chi connectivity index (χ4v) is 3.61. The number of hydrogen-bond donors (Lipinski definition) is 0. The second-order valence-corrected chi connectivity index (χ2v) is 8.16. The van der Waals surface area contributed by atoms with Crippen LogP contribution < -0.4 is 4.74 Å². The van der Waals surface area contributed by atoms with Gasteiger partial charge in [0.25, 0.3) is 0 Å². The highest BCUT2D eigenvalue weighted by molar-refractivity contribution is 5.65. The Balaban J connectivity index is 1.24. The highest BCUT2D eigenvalue weighted by atomic mass is 19.4. The molecule has 37 heavy (non-hydrogen) atoms. The molecule has 7 nitrogen and oxygen atoms in total. The fraction of sp³-hybridized carbons (Fsp3) is 0.200. The summed E-state index contributed by atoms with van der Waals surface area (Å²) in [6.07, 6.45) is -2.13. The molecule has 0 saturated heterocycles. The van der Waals surface area contributed by atoms with Gasteiger partial charge >= 0.3 is 6.18 Å². The highest BCUT2D eigenvalue weighted by Crippen LogP contribution is 2.28. The minimum Gasteiger partial charge on any atom is -0.494 e. The zero-order chi connectivity index (χ0) is 26.0. The number of benzene rings is 2. The molecule has 0 N–H and O–H groups in total. The van der Waals surface area contributed by atoms with Crippen LogP contribution in [0.4, 0.5) is 22.0 Å². The van der Waals surface area contributed by atoms with E-state index in [-0.39, 0.29) is 31.0 Å². The molecule has 0 saturated carbocycles. The third-order valence-corrected chi connectivity index (χ3v) is 5.41. The lowest BCUT2D eigenvalue weighted by Gasteiger charge is -2.08. The zero-order valence-corrected chi connectivity index (χ0v) is 19.0. The van der Waals surface area contributed by atoms with Crippen LogP contribution in [0.5, 0.6) is 5.75 Å². The molecule has 0 amide bonds. The number of imidazole rings is 1. The number of alkyl halides is 3. The Kier molecular flexibility index (Phi) is 6.55. The van der Waals surface area contributed by atoms with Crippen molar-refractivity contribution in [2.45, 2.75) is 25.6 Å². The van der Waals surface area contributed by atoms with Crippen LogP contribution in [0, 0.1) is 11.6 Å². The lowest BCUT2D eigenvalue weighted by atomic mass is 10.1. The smallest absolute Gasteiger partial charge is 0.389 e. The fourth-order valence-electron chi connectivity index (χ4n) is 3.61. The predicted octanol–water partition coefficient (Wildman–Crippen LogP) is 6.15. The zero-order valence-electron chi connectivity index (χ0n) is 19.0. The maximum atomic E-state index is 14.1. The van der Waals surface area contributed by atoms with E-state index in [9.17, 15) is 22.0 Å². The number of nitrogens with zero attached hydrogens (tertiary/aromatic N) is 5. The van der Waals surface area contributed by atoms with E-state index < -0.39 is 24.2 Å². The maximum Gasteiger partial charge on any atom is 0.389 e. The highest BCUT2D eigenvalue weighted by Gasteiger charge is 2.26. The van der Waals surface area contributed by atoms with Crippen molar-refractivity contribution in [1.82, 2.24) is 24.9 Å². The number of hydrogen-bond acceptors (Lipinski definition) is 6. The van der Waals surface area contributed by atoms with Gasteiger partial charge in [-0.2, -0.15) is 18.3 Å². The van der Waals surface area contributed by atoms with Crippen LogP contribution in [0.2, 0.25) is 0 Å². The summed E-state index contributed by atoms with van der Waals surface area (Å²) in [6.45, 7) is 0.188. The minimum absolute atomic E-state index is 0.0338. The summed E-state index contributed by atoms with van der Waals surface area (Å²) in [5.41, 5.74) is 2.11. The first-order chi connectivity index (χ1) is 17.7. The van der Waals surface area contributed by atoms with Crippen molar-refractivity contribution in [2.24, 2.45) is 0 Å². The Labute approximate surface area is 206 Å². The molecule has 2 aliphatic heterocycles. The van der Waals surface area contributed by atoms with Crippen LogP contribution in [0.15, 0.2) is 65.4 Å². The quantitative estimate of drug-likeness (QED) is 0.182. The Morgan fingerprint density at radius 1 is 0.946 bits per heavy atom. The average Bonchev–Trinajstić information content (AvgIpc) is 3.50. The SMILES string of the molecule is Fc1cccc(-c2nc3cnn(Cc4cc(-c5ccc(OCCCC(F)(F)F)cc5)no4)cc-3n2)c1F. The molecule has 0 bridgehead atoms. The largest absolute Gasteiger partial charge is 0.494 e. The summed E-state index contributed by atoms with van der Waals surface area (Å²) in [7, 11) is 0. The Bertz CT molecular complexity index is 1480. The predicted molar refractivity (Wildman–Crippen MR) is 122 cm³/mol. The van der Waals surface area contributed by atoms with Crippen molar-refractivity contribution < 1.29 is 31.2 Å². The number of halogens is 5. The van der Waals surface area contributed by atoms with Crippen LogP contribution in [0.25, 0.3) is 34.0 Å². The van der Waals surface area contributed by atoms with Crippen molar-refractivity contribution in [1.29, 1.82) is 0 Å². The monoisotopic (exact) mass is 515 g/mol. The molecule has 12 heteroatoms.